The summed E-state index contributed by atoms with van der Waals surface area (Å²) < 4.78 is 38.3. The molecule has 3 N–H and O–H groups in total. The van der Waals surface area contributed by atoms with Crippen molar-refractivity contribution in [2.45, 2.75) is 11.2 Å². The van der Waals surface area contributed by atoms with Gasteiger partial charge in [0.05, 0.1) is 23.4 Å². The Balaban J connectivity index is 1.40. The molecule has 1 aromatic carbocycles. The van der Waals surface area contributed by atoms with Crippen LogP contribution in [0.2, 0.25) is 0 Å². The predicted octanol–water partition coefficient (Wildman–Crippen LogP) is 2.75. The number of benzene rings is 1. The third-order valence-corrected chi connectivity index (χ3v) is 5.85. The van der Waals surface area contributed by atoms with Crippen LogP contribution in [0.4, 0.5) is 17.3 Å². The lowest BCUT2D eigenvalue weighted by Gasteiger charge is -2.29. The number of pyridine rings is 1. The second-order valence-corrected chi connectivity index (χ2v) is 7.88. The number of nitrogens with zero attached hydrogens (tertiary/aromatic N) is 4. The van der Waals surface area contributed by atoms with Crippen LogP contribution < -0.4 is 15.4 Å². The molecule has 0 aliphatic carbocycles. The first-order valence-electron chi connectivity index (χ1n) is 8.51. The first-order chi connectivity index (χ1) is 14.0. The minimum Gasteiger partial charge on any atom is -0.446 e. The topological polar surface area (TPSA) is 140 Å². The van der Waals surface area contributed by atoms with Gasteiger partial charge < -0.3 is 19.6 Å². The maximum absolute atomic E-state index is 12.8. The monoisotopic (exact) mass is 410 g/mol. The second-order valence-electron chi connectivity index (χ2n) is 6.28. The highest BCUT2D eigenvalue weighted by Gasteiger charge is 2.25. The first kappa shape index (κ1) is 17.4. The van der Waals surface area contributed by atoms with Crippen molar-refractivity contribution in [1.29, 1.82) is 0 Å². The molecular formula is C18H14N6O4S. The van der Waals surface area contributed by atoms with Crippen molar-refractivity contribution in [3.05, 3.63) is 60.6 Å². The molecule has 0 fully saturated rings. The van der Waals surface area contributed by atoms with Crippen LogP contribution in [0.15, 0.2) is 74.0 Å². The predicted molar refractivity (Wildman–Crippen MR) is 105 cm³/mol. The van der Waals surface area contributed by atoms with Gasteiger partial charge in [-0.25, -0.2) is 9.98 Å². The number of aromatic nitrogens is 2. The largest absolute Gasteiger partial charge is 0.446 e. The molecule has 4 aromatic rings. The number of hydrogen-bond donors (Lipinski definition) is 2. The average molecular weight is 410 g/mol. The van der Waals surface area contributed by atoms with Crippen molar-refractivity contribution in [2.75, 3.05) is 9.62 Å². The Bertz CT molecular complexity index is 1330. The summed E-state index contributed by atoms with van der Waals surface area (Å²) in [5.74, 6) is 0.480. The van der Waals surface area contributed by atoms with Crippen LogP contribution in [0.1, 0.15) is 11.7 Å². The Morgan fingerprint density at radius 2 is 1.97 bits per heavy atom. The van der Waals surface area contributed by atoms with Crippen LogP contribution in [0.25, 0.3) is 11.0 Å². The normalized spacial score (nSPS) is 16.2. The summed E-state index contributed by atoms with van der Waals surface area (Å²) in [6.45, 7) is 0. The van der Waals surface area contributed by atoms with Gasteiger partial charge in [0.2, 0.25) is 5.88 Å². The summed E-state index contributed by atoms with van der Waals surface area (Å²) in [4.78, 5) is 9.95. The Labute approximate surface area is 164 Å². The Kier molecular flexibility index (Phi) is 3.86. The zero-order chi connectivity index (χ0) is 20.0. The fourth-order valence-electron chi connectivity index (χ4n) is 3.10. The van der Waals surface area contributed by atoms with Crippen molar-refractivity contribution in [3.8, 4) is 0 Å². The summed E-state index contributed by atoms with van der Waals surface area (Å²) in [6, 6.07) is 10.1. The number of furan rings is 1. The van der Waals surface area contributed by atoms with Crippen molar-refractivity contribution in [2.24, 2.45) is 10.7 Å². The van der Waals surface area contributed by atoms with Crippen LogP contribution in [-0.2, 0) is 10.0 Å². The molecule has 11 heteroatoms. The number of sulfonamides is 1. The molecule has 0 amide bonds. The molecule has 4 heterocycles. The summed E-state index contributed by atoms with van der Waals surface area (Å²) in [5, 5.41) is 3.78. The van der Waals surface area contributed by atoms with E-state index in [4.69, 9.17) is 14.7 Å². The smallest absolute Gasteiger partial charge is 0.280 e. The van der Waals surface area contributed by atoms with E-state index in [1.165, 1.54) is 18.7 Å². The summed E-state index contributed by atoms with van der Waals surface area (Å²) >= 11 is 0. The molecule has 3 aromatic heterocycles. The number of nitrogens with one attached hydrogen (secondary N) is 1. The van der Waals surface area contributed by atoms with E-state index in [0.717, 1.165) is 11.3 Å². The molecule has 0 saturated carbocycles. The first-order valence-corrected chi connectivity index (χ1v) is 9.99. The van der Waals surface area contributed by atoms with Gasteiger partial charge in [0.25, 0.3) is 10.0 Å². The zero-order valence-corrected chi connectivity index (χ0v) is 15.6. The highest BCUT2D eigenvalue weighted by atomic mass is 32.2. The van der Waals surface area contributed by atoms with Crippen LogP contribution in [-0.4, -0.2) is 24.9 Å². The molecule has 1 aliphatic heterocycles. The van der Waals surface area contributed by atoms with Crippen molar-refractivity contribution < 1.29 is 17.4 Å². The highest BCUT2D eigenvalue weighted by Crippen LogP contribution is 2.34. The van der Waals surface area contributed by atoms with E-state index in [0.29, 0.717) is 22.5 Å². The van der Waals surface area contributed by atoms with Gasteiger partial charge in [-0.3, -0.25) is 4.72 Å². The number of aliphatic imine (C=N–C) groups is 1. The molecule has 0 radical (unpaired) electrons. The lowest BCUT2D eigenvalue weighted by molar-refractivity contribution is 0.456. The lowest BCUT2D eigenvalue weighted by atomic mass is 10.2. The standard InChI is InChI=1S/C18H14N6O4S/c19-16-13-6-8-27-17(13)21-10-24(16)12-3-1-11(2-4-12)23-29(25,26)18-14-9-22-28-15(14)5-7-20-18/h1-10,16,23H,19H2. The van der Waals surface area contributed by atoms with Gasteiger partial charge in [-0.1, -0.05) is 5.16 Å². The molecule has 0 saturated heterocycles. The third-order valence-electron chi connectivity index (χ3n) is 4.51. The maximum atomic E-state index is 12.8. The minimum absolute atomic E-state index is 0.155. The number of fused-ring (bicyclic) bond motifs is 2. The zero-order valence-electron chi connectivity index (χ0n) is 14.8. The van der Waals surface area contributed by atoms with Gasteiger partial charge in [-0.2, -0.15) is 8.42 Å². The molecule has 29 heavy (non-hydrogen) atoms. The van der Waals surface area contributed by atoms with E-state index in [1.807, 2.05) is 0 Å². The Morgan fingerprint density at radius 1 is 1.14 bits per heavy atom. The van der Waals surface area contributed by atoms with Crippen molar-refractivity contribution in [1.82, 2.24) is 10.1 Å². The SMILES string of the molecule is NC1c2ccoc2N=CN1c1ccc(NS(=O)(=O)c2nccc3oncc23)cc1. The molecule has 0 bridgehead atoms. The summed E-state index contributed by atoms with van der Waals surface area (Å²) in [6.07, 6.45) is 5.33. The number of rotatable bonds is 4. The van der Waals surface area contributed by atoms with Gasteiger partial charge in [-0.15, -0.1) is 0 Å². The van der Waals surface area contributed by atoms with E-state index in [2.05, 4.69) is 19.9 Å². The molecule has 5 rings (SSSR count). The molecule has 0 spiro atoms. The van der Waals surface area contributed by atoms with Crippen molar-refractivity contribution in [3.63, 3.8) is 0 Å². The van der Waals surface area contributed by atoms with E-state index in [1.54, 1.807) is 47.6 Å². The van der Waals surface area contributed by atoms with Gasteiger partial charge in [0, 0.05) is 23.6 Å². The number of anilines is 2. The lowest BCUT2D eigenvalue weighted by Crippen LogP contribution is -2.35. The molecule has 10 nitrogen and oxygen atoms in total. The van der Waals surface area contributed by atoms with Crippen LogP contribution in [0.5, 0.6) is 0 Å². The summed E-state index contributed by atoms with van der Waals surface area (Å²) in [5.41, 5.74) is 8.49. The van der Waals surface area contributed by atoms with Gasteiger partial charge in [-0.05, 0) is 30.3 Å². The maximum Gasteiger partial charge on any atom is 0.280 e. The van der Waals surface area contributed by atoms with Gasteiger partial charge in [0.1, 0.15) is 12.5 Å². The number of nitrogens with two attached hydrogens (primary N) is 1. The molecule has 1 atom stereocenters. The van der Waals surface area contributed by atoms with Crippen LogP contribution >= 0.6 is 0 Å². The minimum atomic E-state index is -3.93. The van der Waals surface area contributed by atoms with Crippen LogP contribution in [0, 0.1) is 0 Å². The molecule has 1 aliphatic rings. The third kappa shape index (κ3) is 2.92. The van der Waals surface area contributed by atoms with Crippen LogP contribution in [0.3, 0.4) is 0 Å². The number of hydrogen-bond acceptors (Lipinski definition) is 9. The Morgan fingerprint density at radius 3 is 2.79 bits per heavy atom. The van der Waals surface area contributed by atoms with E-state index in [-0.39, 0.29) is 5.03 Å². The van der Waals surface area contributed by atoms with E-state index >= 15 is 0 Å². The molecule has 146 valence electrons. The van der Waals surface area contributed by atoms with Gasteiger partial charge >= 0.3 is 0 Å². The van der Waals surface area contributed by atoms with Gasteiger partial charge in [0.15, 0.2) is 10.6 Å². The van der Waals surface area contributed by atoms with Crippen molar-refractivity contribution >= 4 is 44.6 Å². The fraction of sp³-hybridized carbons (Fsp3) is 0.0556. The van der Waals surface area contributed by atoms with E-state index < -0.39 is 16.2 Å². The van der Waals surface area contributed by atoms with E-state index in [9.17, 15) is 8.42 Å². The second kappa shape index (κ2) is 6.43. The molecular weight excluding hydrogens is 396 g/mol. The summed E-state index contributed by atoms with van der Waals surface area (Å²) in [7, 11) is -3.93. The Hall–Kier alpha value is -3.70. The average Bonchev–Trinajstić information content (AvgIpc) is 3.38. The molecule has 1 unspecified atom stereocenters. The fourth-order valence-corrected chi connectivity index (χ4v) is 4.28. The quantitative estimate of drug-likeness (QED) is 0.523. The highest BCUT2D eigenvalue weighted by molar-refractivity contribution is 7.92.